The van der Waals surface area contributed by atoms with Crippen molar-refractivity contribution in [2.45, 2.75) is 6.54 Å². The zero-order valence-electron chi connectivity index (χ0n) is 16.1. The molecule has 5 nitrogen and oxygen atoms in total. The van der Waals surface area contributed by atoms with Gasteiger partial charge in [-0.15, -0.1) is 0 Å². The highest BCUT2D eigenvalue weighted by Crippen LogP contribution is 2.25. The zero-order chi connectivity index (χ0) is 19.8. The lowest BCUT2D eigenvalue weighted by Gasteiger charge is -2.20. The second-order valence-electron chi connectivity index (χ2n) is 6.38. The van der Waals surface area contributed by atoms with Gasteiger partial charge in [-0.05, 0) is 42.0 Å². The van der Waals surface area contributed by atoms with E-state index in [0.717, 1.165) is 17.9 Å². The molecule has 28 heavy (non-hydrogen) atoms. The minimum Gasteiger partial charge on any atom is -0.493 e. The number of rotatable bonds is 8. The molecule has 0 aliphatic carbocycles. The fourth-order valence-electron chi connectivity index (χ4n) is 2.83. The third-order valence-corrected chi connectivity index (χ3v) is 4.28. The highest BCUT2D eigenvalue weighted by Gasteiger charge is 2.08. The Balaban J connectivity index is 1.52. The van der Waals surface area contributed by atoms with Gasteiger partial charge in [-0.2, -0.15) is 0 Å². The molecular weight excluding hydrogens is 352 g/mol. The Morgan fingerprint density at radius 3 is 2.21 bits per heavy atom. The number of amides is 1. The molecule has 0 heterocycles. The molecule has 3 aromatic carbocycles. The zero-order valence-corrected chi connectivity index (χ0v) is 16.1. The van der Waals surface area contributed by atoms with Crippen LogP contribution < -0.4 is 19.7 Å². The summed E-state index contributed by atoms with van der Waals surface area (Å²) >= 11 is 0. The van der Waals surface area contributed by atoms with Gasteiger partial charge in [0.2, 0.25) is 0 Å². The maximum absolute atomic E-state index is 12.2. The maximum atomic E-state index is 12.2. The van der Waals surface area contributed by atoms with Crippen LogP contribution in [0.5, 0.6) is 11.5 Å². The minimum absolute atomic E-state index is 0.0873. The number of para-hydroxylation sites is 2. The van der Waals surface area contributed by atoms with Gasteiger partial charge < -0.3 is 19.7 Å². The topological polar surface area (TPSA) is 50.8 Å². The molecule has 0 unspecified atom stereocenters. The number of nitrogens with zero attached hydrogens (tertiary/aromatic N) is 1. The van der Waals surface area contributed by atoms with Crippen LogP contribution in [0.15, 0.2) is 78.9 Å². The smallest absolute Gasteiger partial charge is 0.262 e. The van der Waals surface area contributed by atoms with Crippen molar-refractivity contribution in [3.8, 4) is 11.5 Å². The van der Waals surface area contributed by atoms with Crippen molar-refractivity contribution < 1.29 is 14.3 Å². The highest BCUT2D eigenvalue weighted by molar-refractivity contribution is 5.92. The van der Waals surface area contributed by atoms with Gasteiger partial charge in [-0.3, -0.25) is 4.79 Å². The first-order valence-corrected chi connectivity index (χ1v) is 9.06. The van der Waals surface area contributed by atoms with Crippen LogP contribution >= 0.6 is 0 Å². The molecule has 1 amide bonds. The lowest BCUT2D eigenvalue weighted by molar-refractivity contribution is -0.118. The molecule has 0 aromatic heterocycles. The minimum atomic E-state index is -0.226. The summed E-state index contributed by atoms with van der Waals surface area (Å²) in [6.07, 6.45) is 0. The monoisotopic (exact) mass is 376 g/mol. The summed E-state index contributed by atoms with van der Waals surface area (Å²) in [4.78, 5) is 14.3. The van der Waals surface area contributed by atoms with Gasteiger partial charge in [-0.25, -0.2) is 0 Å². The Hall–Kier alpha value is -3.47. The first-order chi connectivity index (χ1) is 13.7. The number of hydrogen-bond donors (Lipinski definition) is 1. The van der Waals surface area contributed by atoms with Gasteiger partial charge in [0.05, 0.1) is 7.11 Å². The van der Waals surface area contributed by atoms with Crippen LogP contribution in [0.4, 0.5) is 11.4 Å². The predicted octanol–water partition coefficient (Wildman–Crippen LogP) is 4.35. The normalized spacial score (nSPS) is 10.2. The van der Waals surface area contributed by atoms with Crippen LogP contribution in [0.25, 0.3) is 0 Å². The predicted molar refractivity (Wildman–Crippen MR) is 112 cm³/mol. The largest absolute Gasteiger partial charge is 0.493 e. The molecule has 0 spiro atoms. The van der Waals surface area contributed by atoms with Crippen LogP contribution in [0.2, 0.25) is 0 Å². The Morgan fingerprint density at radius 2 is 1.54 bits per heavy atom. The molecule has 0 saturated carbocycles. The molecule has 0 bridgehead atoms. The lowest BCUT2D eigenvalue weighted by atomic mass is 10.2. The van der Waals surface area contributed by atoms with Gasteiger partial charge >= 0.3 is 0 Å². The molecule has 144 valence electrons. The summed E-state index contributed by atoms with van der Waals surface area (Å²) < 4.78 is 10.8. The Bertz CT molecular complexity index is 895. The van der Waals surface area contributed by atoms with Gasteiger partial charge in [0.1, 0.15) is 0 Å². The number of carbonyl (C=O) groups excluding carboxylic acids is 1. The molecule has 5 heteroatoms. The molecule has 3 aromatic rings. The highest BCUT2D eigenvalue weighted by atomic mass is 16.5. The van der Waals surface area contributed by atoms with Crippen LogP contribution in [-0.4, -0.2) is 26.7 Å². The summed E-state index contributed by atoms with van der Waals surface area (Å²) in [7, 11) is 3.61. The Morgan fingerprint density at radius 1 is 0.893 bits per heavy atom. The number of ether oxygens (including phenoxy) is 2. The van der Waals surface area contributed by atoms with E-state index in [0.29, 0.717) is 11.5 Å². The summed E-state index contributed by atoms with van der Waals surface area (Å²) in [5.41, 5.74) is 3.05. The molecule has 0 aliphatic rings. The first-order valence-electron chi connectivity index (χ1n) is 9.06. The van der Waals surface area contributed by atoms with Crippen molar-refractivity contribution >= 4 is 17.3 Å². The van der Waals surface area contributed by atoms with Crippen molar-refractivity contribution in [1.82, 2.24) is 0 Å². The molecule has 0 atom stereocenters. The van der Waals surface area contributed by atoms with Gasteiger partial charge in [0, 0.05) is 25.0 Å². The SMILES string of the molecule is COc1ccccc1OCC(=O)Nc1ccc(N(C)Cc2ccccc2)cc1. The Labute approximate surface area is 165 Å². The van der Waals surface area contributed by atoms with Gasteiger partial charge in [-0.1, -0.05) is 42.5 Å². The average Bonchev–Trinajstić information content (AvgIpc) is 2.73. The molecule has 0 fully saturated rings. The number of anilines is 2. The van der Waals surface area contributed by atoms with Gasteiger partial charge in [0.25, 0.3) is 5.91 Å². The van der Waals surface area contributed by atoms with Crippen molar-refractivity contribution in [3.63, 3.8) is 0 Å². The fourth-order valence-corrected chi connectivity index (χ4v) is 2.83. The molecule has 3 rings (SSSR count). The fraction of sp³-hybridized carbons (Fsp3) is 0.174. The van der Waals surface area contributed by atoms with Crippen LogP contribution in [0, 0.1) is 0 Å². The second-order valence-corrected chi connectivity index (χ2v) is 6.38. The lowest BCUT2D eigenvalue weighted by Crippen LogP contribution is -2.20. The van der Waals surface area contributed by atoms with Crippen LogP contribution in [0.3, 0.4) is 0 Å². The number of benzene rings is 3. The third kappa shape index (κ3) is 5.27. The maximum Gasteiger partial charge on any atom is 0.262 e. The van der Waals surface area contributed by atoms with Crippen LogP contribution in [0.1, 0.15) is 5.56 Å². The standard InChI is InChI=1S/C23H24N2O3/c1-25(16-18-8-4-3-5-9-18)20-14-12-19(13-15-20)24-23(26)17-28-22-11-7-6-10-21(22)27-2/h3-15H,16-17H2,1-2H3,(H,24,26). The summed E-state index contributed by atoms with van der Waals surface area (Å²) in [6, 6.07) is 25.3. The summed E-state index contributed by atoms with van der Waals surface area (Å²) in [5.74, 6) is 0.912. The quantitative estimate of drug-likeness (QED) is 0.635. The van der Waals surface area contributed by atoms with E-state index in [2.05, 4.69) is 22.3 Å². The number of methoxy groups -OCH3 is 1. The van der Waals surface area contributed by atoms with E-state index < -0.39 is 0 Å². The van der Waals surface area contributed by atoms with E-state index in [1.165, 1.54) is 5.56 Å². The van der Waals surface area contributed by atoms with Crippen molar-refractivity contribution in [3.05, 3.63) is 84.4 Å². The number of carbonyl (C=O) groups is 1. The van der Waals surface area contributed by atoms with Crippen molar-refractivity contribution in [1.29, 1.82) is 0 Å². The summed E-state index contributed by atoms with van der Waals surface area (Å²) in [5, 5.41) is 2.84. The molecular formula is C23H24N2O3. The van der Waals surface area contributed by atoms with Crippen molar-refractivity contribution in [2.75, 3.05) is 31.0 Å². The van der Waals surface area contributed by atoms with E-state index >= 15 is 0 Å². The van der Waals surface area contributed by atoms with Crippen molar-refractivity contribution in [2.24, 2.45) is 0 Å². The van der Waals surface area contributed by atoms with E-state index in [-0.39, 0.29) is 12.5 Å². The van der Waals surface area contributed by atoms with E-state index in [1.54, 1.807) is 19.2 Å². The Kier molecular flexibility index (Phi) is 6.52. The number of nitrogens with one attached hydrogen (secondary N) is 1. The molecule has 0 aliphatic heterocycles. The molecule has 0 radical (unpaired) electrons. The molecule has 1 N–H and O–H groups in total. The van der Waals surface area contributed by atoms with E-state index in [1.807, 2.05) is 61.6 Å². The first kappa shape index (κ1) is 19.3. The van der Waals surface area contributed by atoms with E-state index in [4.69, 9.17) is 9.47 Å². The second kappa shape index (κ2) is 9.46. The van der Waals surface area contributed by atoms with Gasteiger partial charge in [0.15, 0.2) is 18.1 Å². The van der Waals surface area contributed by atoms with E-state index in [9.17, 15) is 4.79 Å². The average molecular weight is 376 g/mol. The number of hydrogen-bond acceptors (Lipinski definition) is 4. The summed E-state index contributed by atoms with van der Waals surface area (Å²) in [6.45, 7) is 0.731. The third-order valence-electron chi connectivity index (χ3n) is 4.28. The molecule has 0 saturated heterocycles. The van der Waals surface area contributed by atoms with Crippen LogP contribution in [-0.2, 0) is 11.3 Å².